The highest BCUT2D eigenvalue weighted by molar-refractivity contribution is 5.95. The molecule has 1 saturated carbocycles. The SMILES string of the molecule is O=C1CC[C@H]2CCCN(C(=O)c3ccccc3)[C@@H]2C1. The number of piperidine rings is 1. The molecule has 3 heteroatoms. The third-order valence-corrected chi connectivity index (χ3v) is 4.43. The highest BCUT2D eigenvalue weighted by atomic mass is 16.2. The zero-order valence-electron chi connectivity index (χ0n) is 11.0. The van der Waals surface area contributed by atoms with Gasteiger partial charge in [-0.05, 0) is 37.3 Å². The van der Waals surface area contributed by atoms with Gasteiger partial charge in [0.05, 0.1) is 0 Å². The molecule has 0 unspecified atom stereocenters. The molecule has 1 aromatic carbocycles. The van der Waals surface area contributed by atoms with E-state index in [-0.39, 0.29) is 11.9 Å². The van der Waals surface area contributed by atoms with Gasteiger partial charge in [0.1, 0.15) is 5.78 Å². The fraction of sp³-hybridized carbons (Fsp3) is 0.500. The van der Waals surface area contributed by atoms with Gasteiger partial charge in [-0.1, -0.05) is 18.2 Å². The number of nitrogens with zero attached hydrogens (tertiary/aromatic N) is 1. The van der Waals surface area contributed by atoms with Crippen LogP contribution >= 0.6 is 0 Å². The first-order chi connectivity index (χ1) is 9.25. The summed E-state index contributed by atoms with van der Waals surface area (Å²) in [6.45, 7) is 0.794. The summed E-state index contributed by atoms with van der Waals surface area (Å²) in [6.07, 6.45) is 4.45. The van der Waals surface area contributed by atoms with Crippen LogP contribution in [0.4, 0.5) is 0 Å². The average Bonchev–Trinajstić information content (AvgIpc) is 2.47. The van der Waals surface area contributed by atoms with Crippen molar-refractivity contribution in [1.29, 1.82) is 0 Å². The number of rotatable bonds is 1. The number of fused-ring (bicyclic) bond motifs is 1. The molecule has 1 aliphatic carbocycles. The molecular formula is C16H19NO2. The topological polar surface area (TPSA) is 37.4 Å². The van der Waals surface area contributed by atoms with Crippen molar-refractivity contribution in [2.75, 3.05) is 6.54 Å². The Bertz CT molecular complexity index is 483. The van der Waals surface area contributed by atoms with E-state index >= 15 is 0 Å². The van der Waals surface area contributed by atoms with Gasteiger partial charge in [-0.3, -0.25) is 9.59 Å². The lowest BCUT2D eigenvalue weighted by Gasteiger charge is -2.43. The highest BCUT2D eigenvalue weighted by Crippen LogP contribution is 2.34. The second-order valence-corrected chi connectivity index (χ2v) is 5.62. The summed E-state index contributed by atoms with van der Waals surface area (Å²) in [4.78, 5) is 26.2. The van der Waals surface area contributed by atoms with Gasteiger partial charge in [-0.2, -0.15) is 0 Å². The molecule has 1 aromatic rings. The van der Waals surface area contributed by atoms with Gasteiger partial charge in [0, 0.05) is 31.0 Å². The minimum absolute atomic E-state index is 0.0880. The molecule has 2 fully saturated rings. The van der Waals surface area contributed by atoms with Crippen molar-refractivity contribution in [3.63, 3.8) is 0 Å². The summed E-state index contributed by atoms with van der Waals surface area (Å²) >= 11 is 0. The lowest BCUT2D eigenvalue weighted by molar-refractivity contribution is -0.123. The first-order valence-electron chi connectivity index (χ1n) is 7.13. The van der Waals surface area contributed by atoms with Crippen LogP contribution in [0, 0.1) is 5.92 Å². The summed E-state index contributed by atoms with van der Waals surface area (Å²) in [7, 11) is 0. The number of carbonyl (C=O) groups excluding carboxylic acids is 2. The number of hydrogen-bond donors (Lipinski definition) is 0. The van der Waals surface area contributed by atoms with E-state index in [4.69, 9.17) is 0 Å². The summed E-state index contributed by atoms with van der Waals surface area (Å²) in [5.74, 6) is 0.929. The maximum Gasteiger partial charge on any atom is 0.254 e. The number of benzene rings is 1. The van der Waals surface area contributed by atoms with Crippen LogP contribution in [0.25, 0.3) is 0 Å². The number of hydrogen-bond acceptors (Lipinski definition) is 2. The molecule has 100 valence electrons. The molecule has 1 aliphatic heterocycles. The fourth-order valence-electron chi connectivity index (χ4n) is 3.43. The van der Waals surface area contributed by atoms with Crippen LogP contribution in [0.5, 0.6) is 0 Å². The molecule has 0 spiro atoms. The number of ketones is 1. The Kier molecular flexibility index (Phi) is 3.36. The molecule has 2 aliphatic rings. The molecule has 3 nitrogen and oxygen atoms in total. The Morgan fingerprint density at radius 2 is 1.95 bits per heavy atom. The lowest BCUT2D eigenvalue weighted by Crippen LogP contribution is -2.51. The Morgan fingerprint density at radius 3 is 2.74 bits per heavy atom. The molecule has 0 aromatic heterocycles. The van der Waals surface area contributed by atoms with Crippen molar-refractivity contribution in [1.82, 2.24) is 4.90 Å². The average molecular weight is 257 g/mol. The summed E-state index contributed by atoms with van der Waals surface area (Å²) in [5.41, 5.74) is 0.737. The van der Waals surface area contributed by atoms with E-state index in [9.17, 15) is 9.59 Å². The standard InChI is InChI=1S/C16H19NO2/c18-14-9-8-12-7-4-10-17(15(12)11-14)16(19)13-5-2-1-3-6-13/h1-3,5-6,12,15H,4,7-11H2/t12-,15-/m1/s1. The van der Waals surface area contributed by atoms with Crippen molar-refractivity contribution in [3.8, 4) is 0 Å². The molecule has 0 bridgehead atoms. The van der Waals surface area contributed by atoms with Crippen LogP contribution in [0.15, 0.2) is 30.3 Å². The quantitative estimate of drug-likeness (QED) is 0.775. The van der Waals surface area contributed by atoms with Crippen LogP contribution in [-0.4, -0.2) is 29.2 Å². The van der Waals surface area contributed by atoms with Crippen LogP contribution in [0.1, 0.15) is 42.5 Å². The van der Waals surface area contributed by atoms with Crippen molar-refractivity contribution in [3.05, 3.63) is 35.9 Å². The number of likely N-dealkylation sites (tertiary alicyclic amines) is 1. The van der Waals surface area contributed by atoms with Gasteiger partial charge in [0.25, 0.3) is 5.91 Å². The Morgan fingerprint density at radius 1 is 1.16 bits per heavy atom. The van der Waals surface area contributed by atoms with Crippen molar-refractivity contribution in [2.24, 2.45) is 5.92 Å². The number of carbonyl (C=O) groups is 2. The third kappa shape index (κ3) is 2.42. The van der Waals surface area contributed by atoms with Gasteiger partial charge in [-0.15, -0.1) is 0 Å². The predicted octanol–water partition coefficient (Wildman–Crippen LogP) is 2.66. The first-order valence-corrected chi connectivity index (χ1v) is 7.13. The Balaban J connectivity index is 1.82. The molecule has 1 amide bonds. The highest BCUT2D eigenvalue weighted by Gasteiger charge is 2.38. The van der Waals surface area contributed by atoms with Gasteiger partial charge in [-0.25, -0.2) is 0 Å². The summed E-state index contributed by atoms with van der Waals surface area (Å²) in [6, 6.07) is 9.55. The van der Waals surface area contributed by atoms with E-state index in [0.29, 0.717) is 24.5 Å². The Hall–Kier alpha value is -1.64. The molecule has 0 radical (unpaired) electrons. The molecule has 1 heterocycles. The molecule has 1 saturated heterocycles. The smallest absolute Gasteiger partial charge is 0.254 e. The van der Waals surface area contributed by atoms with E-state index in [1.165, 1.54) is 0 Å². The maximum absolute atomic E-state index is 12.6. The zero-order chi connectivity index (χ0) is 13.2. The second-order valence-electron chi connectivity index (χ2n) is 5.62. The fourth-order valence-corrected chi connectivity index (χ4v) is 3.43. The van der Waals surface area contributed by atoms with E-state index in [1.807, 2.05) is 35.2 Å². The minimum Gasteiger partial charge on any atom is -0.335 e. The normalized spacial score (nSPS) is 26.9. The van der Waals surface area contributed by atoms with Gasteiger partial charge in [0.15, 0.2) is 0 Å². The number of amides is 1. The summed E-state index contributed by atoms with van der Waals surface area (Å²) in [5, 5.41) is 0. The second kappa shape index (κ2) is 5.16. The largest absolute Gasteiger partial charge is 0.335 e. The van der Waals surface area contributed by atoms with Crippen LogP contribution in [-0.2, 0) is 4.79 Å². The van der Waals surface area contributed by atoms with E-state index in [2.05, 4.69) is 0 Å². The van der Waals surface area contributed by atoms with Crippen LogP contribution in [0.3, 0.4) is 0 Å². The van der Waals surface area contributed by atoms with Crippen molar-refractivity contribution < 1.29 is 9.59 Å². The van der Waals surface area contributed by atoms with Gasteiger partial charge in [0.2, 0.25) is 0 Å². The van der Waals surface area contributed by atoms with Gasteiger partial charge < -0.3 is 4.90 Å². The van der Waals surface area contributed by atoms with Crippen molar-refractivity contribution in [2.45, 2.75) is 38.1 Å². The molecule has 19 heavy (non-hydrogen) atoms. The molecule has 3 rings (SSSR count). The molecular weight excluding hydrogens is 238 g/mol. The zero-order valence-corrected chi connectivity index (χ0v) is 11.0. The summed E-state index contributed by atoms with van der Waals surface area (Å²) < 4.78 is 0. The Labute approximate surface area is 113 Å². The number of Topliss-reactive ketones (excluding diaryl/α,β-unsaturated/α-hetero) is 1. The lowest BCUT2D eigenvalue weighted by atomic mass is 9.77. The maximum atomic E-state index is 12.6. The predicted molar refractivity (Wildman–Crippen MR) is 72.8 cm³/mol. The van der Waals surface area contributed by atoms with E-state index in [1.54, 1.807) is 0 Å². The molecule has 2 atom stereocenters. The van der Waals surface area contributed by atoms with Crippen LogP contribution < -0.4 is 0 Å². The minimum atomic E-state index is 0.0880. The van der Waals surface area contributed by atoms with Crippen LogP contribution in [0.2, 0.25) is 0 Å². The molecule has 0 N–H and O–H groups in total. The first kappa shape index (κ1) is 12.4. The third-order valence-electron chi connectivity index (χ3n) is 4.43. The van der Waals surface area contributed by atoms with E-state index < -0.39 is 0 Å². The monoisotopic (exact) mass is 257 g/mol. The van der Waals surface area contributed by atoms with E-state index in [0.717, 1.165) is 31.4 Å². The van der Waals surface area contributed by atoms with Gasteiger partial charge >= 0.3 is 0 Å². The van der Waals surface area contributed by atoms with Crippen molar-refractivity contribution >= 4 is 11.7 Å².